The van der Waals surface area contributed by atoms with E-state index in [-0.39, 0.29) is 18.0 Å². The van der Waals surface area contributed by atoms with Crippen LogP contribution in [0.3, 0.4) is 0 Å². The first kappa shape index (κ1) is 19.9. The summed E-state index contributed by atoms with van der Waals surface area (Å²) in [6, 6.07) is 9.94. The molecule has 1 N–H and O–H groups in total. The summed E-state index contributed by atoms with van der Waals surface area (Å²) in [5.74, 6) is -0.655. The zero-order valence-corrected chi connectivity index (χ0v) is 16.5. The number of carbonyl (C=O) groups is 1. The van der Waals surface area contributed by atoms with E-state index in [1.165, 1.54) is 24.3 Å². The molecule has 0 aliphatic carbocycles. The van der Waals surface area contributed by atoms with Crippen molar-refractivity contribution in [3.05, 3.63) is 58.1 Å². The van der Waals surface area contributed by atoms with Gasteiger partial charge in [0, 0.05) is 16.6 Å². The van der Waals surface area contributed by atoms with Gasteiger partial charge in [0.15, 0.2) is 0 Å². The van der Waals surface area contributed by atoms with E-state index in [1.807, 2.05) is 0 Å². The molecule has 0 radical (unpaired) electrons. The maximum Gasteiger partial charge on any atom is 0.322 e. The minimum Gasteiger partial charge on any atom is -0.489 e. The third-order valence-electron chi connectivity index (χ3n) is 4.25. The van der Waals surface area contributed by atoms with E-state index in [0.717, 1.165) is 9.87 Å². The minimum atomic E-state index is -3.87. The molecule has 1 atom stereocenters. The van der Waals surface area contributed by atoms with Crippen molar-refractivity contribution >= 4 is 39.2 Å². The summed E-state index contributed by atoms with van der Waals surface area (Å²) in [7, 11) is -3.87. The first-order valence-electron chi connectivity index (χ1n) is 8.20. The Labute approximate surface area is 167 Å². The maximum atomic E-state index is 12.7. The molecule has 2 aromatic rings. The molecular formula is C18H17Cl2NO5S. The molecule has 9 heteroatoms. The highest BCUT2D eigenvalue weighted by Gasteiger charge is 2.39. The Kier molecular flexibility index (Phi) is 5.95. The lowest BCUT2D eigenvalue weighted by molar-refractivity contribution is -0.140. The number of rotatable bonds is 6. The van der Waals surface area contributed by atoms with Crippen LogP contribution in [0, 0.1) is 0 Å². The van der Waals surface area contributed by atoms with E-state index in [4.69, 9.17) is 27.9 Å². The Morgan fingerprint density at radius 1 is 1.15 bits per heavy atom. The Morgan fingerprint density at radius 2 is 1.78 bits per heavy atom. The van der Waals surface area contributed by atoms with Crippen LogP contribution in [0.4, 0.5) is 0 Å². The van der Waals surface area contributed by atoms with Gasteiger partial charge >= 0.3 is 5.97 Å². The molecule has 1 heterocycles. The monoisotopic (exact) mass is 429 g/mol. The number of nitrogens with zero attached hydrogens (tertiary/aromatic N) is 1. The van der Waals surface area contributed by atoms with Crippen molar-refractivity contribution in [2.45, 2.75) is 30.4 Å². The molecule has 144 valence electrons. The lowest BCUT2D eigenvalue weighted by Gasteiger charge is -2.21. The number of ether oxygens (including phenoxy) is 1. The number of aliphatic carboxylic acids is 1. The lowest BCUT2D eigenvalue weighted by Crippen LogP contribution is -2.40. The second-order valence-corrected chi connectivity index (χ2v) is 8.91. The fourth-order valence-electron chi connectivity index (χ4n) is 2.98. The van der Waals surface area contributed by atoms with Crippen molar-refractivity contribution in [2.75, 3.05) is 6.54 Å². The third kappa shape index (κ3) is 4.55. The number of carboxylic acids is 1. The Bertz CT molecular complexity index is 926. The third-order valence-corrected chi connectivity index (χ3v) is 6.61. The van der Waals surface area contributed by atoms with Crippen LogP contribution in [0.1, 0.15) is 18.4 Å². The van der Waals surface area contributed by atoms with Gasteiger partial charge in [-0.05, 0) is 60.9 Å². The molecule has 0 saturated carbocycles. The molecule has 0 spiro atoms. The molecule has 0 unspecified atom stereocenters. The minimum absolute atomic E-state index is 0.0359. The summed E-state index contributed by atoms with van der Waals surface area (Å²) >= 11 is 11.9. The SMILES string of the molecule is O=C(O)[C@@H]1CCCN1S(=O)(=O)c1ccc(OCc2cc(Cl)cc(Cl)c2)cc1. The van der Waals surface area contributed by atoms with Crippen molar-refractivity contribution in [3.63, 3.8) is 0 Å². The van der Waals surface area contributed by atoms with E-state index in [9.17, 15) is 18.3 Å². The number of halogens is 2. The van der Waals surface area contributed by atoms with Crippen LogP contribution >= 0.6 is 23.2 Å². The topological polar surface area (TPSA) is 83.9 Å². The highest BCUT2D eigenvalue weighted by Crippen LogP contribution is 2.28. The molecule has 0 bridgehead atoms. The highest BCUT2D eigenvalue weighted by atomic mass is 35.5. The fourth-order valence-corrected chi connectivity index (χ4v) is 5.20. The largest absolute Gasteiger partial charge is 0.489 e. The van der Waals surface area contributed by atoms with Crippen molar-refractivity contribution in [1.82, 2.24) is 4.31 Å². The summed E-state index contributed by atoms with van der Waals surface area (Å²) in [5, 5.41) is 10.2. The molecule has 1 aliphatic heterocycles. The van der Waals surface area contributed by atoms with Crippen molar-refractivity contribution < 1.29 is 23.1 Å². The molecule has 0 amide bonds. The average molecular weight is 430 g/mol. The van der Waals surface area contributed by atoms with Crippen LogP contribution in [-0.4, -0.2) is 36.4 Å². The van der Waals surface area contributed by atoms with Gasteiger partial charge in [-0.2, -0.15) is 4.31 Å². The Balaban J connectivity index is 1.72. The molecule has 0 aromatic heterocycles. The first-order chi connectivity index (χ1) is 12.8. The van der Waals surface area contributed by atoms with Crippen LogP contribution in [0.5, 0.6) is 5.75 Å². The van der Waals surface area contributed by atoms with Gasteiger partial charge < -0.3 is 9.84 Å². The van der Waals surface area contributed by atoms with Crippen molar-refractivity contribution in [2.24, 2.45) is 0 Å². The van der Waals surface area contributed by atoms with E-state index in [2.05, 4.69) is 0 Å². The van der Waals surface area contributed by atoms with Crippen molar-refractivity contribution in [1.29, 1.82) is 0 Å². The quantitative estimate of drug-likeness (QED) is 0.754. The normalized spacial score (nSPS) is 17.8. The summed E-state index contributed by atoms with van der Waals surface area (Å²) in [4.78, 5) is 11.3. The highest BCUT2D eigenvalue weighted by molar-refractivity contribution is 7.89. The zero-order valence-electron chi connectivity index (χ0n) is 14.1. The Hall–Kier alpha value is -1.80. The Morgan fingerprint density at radius 3 is 2.37 bits per heavy atom. The van der Waals surface area contributed by atoms with Crippen LogP contribution < -0.4 is 4.74 Å². The van der Waals surface area contributed by atoms with E-state index in [0.29, 0.717) is 28.6 Å². The van der Waals surface area contributed by atoms with Crippen LogP contribution in [0.2, 0.25) is 10.0 Å². The summed E-state index contributed by atoms with van der Waals surface area (Å²) < 4.78 is 32.1. The van der Waals surface area contributed by atoms with E-state index >= 15 is 0 Å². The van der Waals surface area contributed by atoms with E-state index in [1.54, 1.807) is 18.2 Å². The molecule has 1 fully saturated rings. The van der Waals surface area contributed by atoms with Gasteiger partial charge in [0.1, 0.15) is 18.4 Å². The maximum absolute atomic E-state index is 12.7. The predicted octanol–water partition coefficient (Wildman–Crippen LogP) is 3.81. The number of sulfonamides is 1. The van der Waals surface area contributed by atoms with Crippen molar-refractivity contribution in [3.8, 4) is 5.75 Å². The predicted molar refractivity (Wildman–Crippen MR) is 102 cm³/mol. The van der Waals surface area contributed by atoms with Gasteiger partial charge in [-0.25, -0.2) is 8.42 Å². The number of hydrogen-bond acceptors (Lipinski definition) is 4. The molecule has 2 aromatic carbocycles. The zero-order chi connectivity index (χ0) is 19.6. The molecule has 1 saturated heterocycles. The van der Waals surface area contributed by atoms with Gasteiger partial charge in [0.25, 0.3) is 0 Å². The smallest absolute Gasteiger partial charge is 0.322 e. The second-order valence-electron chi connectivity index (χ2n) is 6.15. The van der Waals surface area contributed by atoms with Crippen LogP contribution in [0.25, 0.3) is 0 Å². The molecule has 1 aliphatic rings. The lowest BCUT2D eigenvalue weighted by atomic mass is 10.2. The van der Waals surface area contributed by atoms with Crippen LogP contribution in [-0.2, 0) is 21.4 Å². The number of carboxylic acid groups (broad SMARTS) is 1. The van der Waals surface area contributed by atoms with Gasteiger partial charge in [0.2, 0.25) is 10.0 Å². The van der Waals surface area contributed by atoms with E-state index < -0.39 is 22.0 Å². The molecule has 6 nitrogen and oxygen atoms in total. The molecular weight excluding hydrogens is 413 g/mol. The second kappa shape index (κ2) is 8.06. The summed E-state index contributed by atoms with van der Waals surface area (Å²) in [5.41, 5.74) is 0.783. The summed E-state index contributed by atoms with van der Waals surface area (Å²) in [6.07, 6.45) is 0.845. The molecule has 27 heavy (non-hydrogen) atoms. The van der Waals surface area contributed by atoms with Gasteiger partial charge in [-0.15, -0.1) is 0 Å². The average Bonchev–Trinajstić information content (AvgIpc) is 3.10. The first-order valence-corrected chi connectivity index (χ1v) is 10.4. The van der Waals surface area contributed by atoms with Gasteiger partial charge in [-0.1, -0.05) is 23.2 Å². The fraction of sp³-hybridized carbons (Fsp3) is 0.278. The van der Waals surface area contributed by atoms with Gasteiger partial charge in [0.05, 0.1) is 4.90 Å². The summed E-state index contributed by atoms with van der Waals surface area (Å²) in [6.45, 7) is 0.423. The molecule has 3 rings (SSSR count). The number of hydrogen-bond donors (Lipinski definition) is 1. The van der Waals surface area contributed by atoms with Gasteiger partial charge in [-0.3, -0.25) is 4.79 Å². The van der Waals surface area contributed by atoms with Crippen LogP contribution in [0.15, 0.2) is 47.4 Å². The standard InChI is InChI=1S/C18H17Cl2NO5S/c19-13-8-12(9-14(20)10-13)11-26-15-3-5-16(6-4-15)27(24,25)21-7-1-2-17(21)18(22)23/h3-6,8-10,17H,1-2,7,11H2,(H,22,23)/t17-/m0/s1. The number of benzene rings is 2.